The summed E-state index contributed by atoms with van der Waals surface area (Å²) in [5.41, 5.74) is 1.26. The average Bonchev–Trinajstić information content (AvgIpc) is 3.80. The highest BCUT2D eigenvalue weighted by atomic mass is 28.4. The Balaban J connectivity index is 1.26. The van der Waals surface area contributed by atoms with E-state index in [4.69, 9.17) is 4.74 Å². The number of fused-ring (bicyclic) bond motifs is 3. The number of aliphatic hydroxyl groups excluding tert-OH is 1. The van der Waals surface area contributed by atoms with Crippen molar-refractivity contribution in [2.75, 3.05) is 11.5 Å². The number of nitrogens with zero attached hydrogens (tertiary/aromatic N) is 6. The topological polar surface area (TPSA) is 182 Å². The van der Waals surface area contributed by atoms with Crippen LogP contribution in [0.25, 0.3) is 16.6 Å². The van der Waals surface area contributed by atoms with Crippen molar-refractivity contribution in [3.05, 3.63) is 110 Å². The van der Waals surface area contributed by atoms with Crippen LogP contribution >= 0.6 is 0 Å². The van der Waals surface area contributed by atoms with Crippen molar-refractivity contribution in [3.8, 4) is 5.69 Å². The molecule has 1 saturated heterocycles. The lowest BCUT2D eigenvalue weighted by molar-refractivity contribution is -0.385. The largest absolute Gasteiger partial charge is 0.432 e. The molecule has 15 heteroatoms. The summed E-state index contributed by atoms with van der Waals surface area (Å²) in [6.07, 6.45) is 1.98. The number of hydrogen-bond donors (Lipinski definition) is 3. The van der Waals surface area contributed by atoms with Crippen LogP contribution < -0.4 is 10.5 Å². The first-order chi connectivity index (χ1) is 23.4. The SMILES string of the molecule is C[C@H]1[C@H]([Si](C)(C)O)[C@@H](CCn2cc(CCO)nn2)O[C@]12C(=O)N(Cc1cccc(-n3[nH]c4ccccc4c3=O)c1)c1ccc([N+](=O)[O-])cc12. The second-order valence-electron chi connectivity index (χ2n) is 13.4. The summed E-state index contributed by atoms with van der Waals surface area (Å²) >= 11 is 0. The predicted octanol–water partition coefficient (Wildman–Crippen LogP) is 3.79. The predicted molar refractivity (Wildman–Crippen MR) is 183 cm³/mol. The minimum absolute atomic E-state index is 0.0488. The molecule has 2 aliphatic heterocycles. The third kappa shape index (κ3) is 5.48. The number of aryl methyl sites for hydroxylation is 1. The summed E-state index contributed by atoms with van der Waals surface area (Å²) in [4.78, 5) is 52.7. The Morgan fingerprint density at radius 2 is 1.90 bits per heavy atom. The number of nitro benzene ring substituents is 1. The number of carbonyl (C=O) groups is 1. The number of hydrogen-bond acceptors (Lipinski definition) is 9. The molecule has 3 N–H and O–H groups in total. The standard InChI is InChI=1S/C34H37N7O7Si/c1-21-31(49(2,3)47)30(13-15-38-20-23(14-16-42)35-37-38)48-34(21)27-18-25(41(45)46)11-12-29(27)39(33(34)44)19-22-7-6-8-24(17-22)40-32(43)26-9-4-5-10-28(26)36-40/h4-12,17-18,20-21,30-31,36,42,47H,13-16,19H2,1-3H3/t21-,30+,31-,34+/m0/s1. The fraction of sp³-hybridized carbons (Fsp3) is 0.353. The zero-order valence-electron chi connectivity index (χ0n) is 27.3. The van der Waals surface area contributed by atoms with Gasteiger partial charge in [0.05, 0.1) is 45.5 Å². The Bertz CT molecular complexity index is 2140. The number of H-pyrrole nitrogens is 1. The Morgan fingerprint density at radius 3 is 2.63 bits per heavy atom. The highest BCUT2D eigenvalue weighted by Gasteiger charge is 2.66. The molecular weight excluding hydrogens is 647 g/mol. The molecule has 3 aromatic carbocycles. The van der Waals surface area contributed by atoms with E-state index in [1.165, 1.54) is 16.8 Å². The van der Waals surface area contributed by atoms with Gasteiger partial charge in [-0.15, -0.1) is 5.10 Å². The van der Waals surface area contributed by atoms with Crippen LogP contribution in [0.3, 0.4) is 0 Å². The number of non-ortho nitro benzene ring substituents is 1. The minimum atomic E-state index is -2.98. The third-order valence-corrected chi connectivity index (χ3v) is 12.4. The molecule has 0 saturated carbocycles. The van der Waals surface area contributed by atoms with Crippen molar-refractivity contribution in [2.45, 2.75) is 63.2 Å². The van der Waals surface area contributed by atoms with Gasteiger partial charge in [-0.2, -0.15) is 0 Å². The molecule has 2 aromatic heterocycles. The van der Waals surface area contributed by atoms with Crippen molar-refractivity contribution in [2.24, 2.45) is 5.92 Å². The molecule has 0 unspecified atom stereocenters. The van der Waals surface area contributed by atoms with Gasteiger partial charge in [0, 0.05) is 54.9 Å². The Hall–Kier alpha value is -4.96. The third-order valence-electron chi connectivity index (χ3n) is 9.88. The van der Waals surface area contributed by atoms with Gasteiger partial charge >= 0.3 is 0 Å². The molecular formula is C34H37N7O7Si. The molecule has 1 spiro atoms. The second kappa shape index (κ2) is 12.2. The fourth-order valence-electron chi connectivity index (χ4n) is 7.76. The molecule has 1 amide bonds. The highest BCUT2D eigenvalue weighted by Crippen LogP contribution is 2.60. The summed E-state index contributed by atoms with van der Waals surface area (Å²) in [5, 5.41) is 33.2. The van der Waals surface area contributed by atoms with Crippen LogP contribution in [0.4, 0.5) is 11.4 Å². The smallest absolute Gasteiger partial charge is 0.279 e. The molecule has 4 atom stereocenters. The summed E-state index contributed by atoms with van der Waals surface area (Å²) in [6, 6.07) is 18.9. The lowest BCUT2D eigenvalue weighted by Crippen LogP contribution is -2.46. The monoisotopic (exact) mass is 683 g/mol. The van der Waals surface area contributed by atoms with Crippen molar-refractivity contribution >= 4 is 36.5 Å². The van der Waals surface area contributed by atoms with E-state index in [9.17, 15) is 29.6 Å². The van der Waals surface area contributed by atoms with Gasteiger partial charge in [0.2, 0.25) is 0 Å². The summed E-state index contributed by atoms with van der Waals surface area (Å²) in [5.74, 6) is -0.875. The molecule has 4 heterocycles. The number of aromatic nitrogens is 5. The van der Waals surface area contributed by atoms with Gasteiger partial charge in [0.25, 0.3) is 17.2 Å². The van der Waals surface area contributed by atoms with Crippen LogP contribution in [-0.2, 0) is 34.6 Å². The molecule has 0 aliphatic carbocycles. The van der Waals surface area contributed by atoms with Crippen LogP contribution in [0.2, 0.25) is 18.6 Å². The van der Waals surface area contributed by atoms with Gasteiger partial charge in [-0.1, -0.05) is 36.4 Å². The maximum atomic E-state index is 14.8. The van der Waals surface area contributed by atoms with Gasteiger partial charge in [0.15, 0.2) is 13.9 Å². The number of para-hydroxylation sites is 1. The van der Waals surface area contributed by atoms with E-state index >= 15 is 0 Å². The number of amides is 1. The van der Waals surface area contributed by atoms with Gasteiger partial charge in [-0.25, -0.2) is 4.68 Å². The Kier molecular flexibility index (Phi) is 8.09. The fourth-order valence-corrected chi connectivity index (χ4v) is 10.4. The summed E-state index contributed by atoms with van der Waals surface area (Å²) in [7, 11) is -2.98. The van der Waals surface area contributed by atoms with Gasteiger partial charge in [0.1, 0.15) is 0 Å². The number of nitro groups is 1. The van der Waals surface area contributed by atoms with E-state index in [0.29, 0.717) is 52.9 Å². The van der Waals surface area contributed by atoms with Crippen molar-refractivity contribution in [1.29, 1.82) is 0 Å². The van der Waals surface area contributed by atoms with Crippen molar-refractivity contribution in [1.82, 2.24) is 24.8 Å². The zero-order chi connectivity index (χ0) is 34.7. The molecule has 7 rings (SSSR count). The number of nitrogens with one attached hydrogen (secondary N) is 1. The van der Waals surface area contributed by atoms with E-state index in [2.05, 4.69) is 15.4 Å². The van der Waals surface area contributed by atoms with E-state index < -0.39 is 30.9 Å². The highest BCUT2D eigenvalue weighted by molar-refractivity contribution is 6.71. The first-order valence-electron chi connectivity index (χ1n) is 16.2. The maximum Gasteiger partial charge on any atom is 0.279 e. The van der Waals surface area contributed by atoms with E-state index in [1.807, 2.05) is 50.3 Å². The number of aliphatic hydroxyl groups is 1. The number of carbonyl (C=O) groups excluding carboxylic acids is 1. The number of benzene rings is 3. The number of anilines is 1. The quantitative estimate of drug-likeness (QED) is 0.112. The Morgan fingerprint density at radius 1 is 1.10 bits per heavy atom. The van der Waals surface area contributed by atoms with Crippen molar-refractivity contribution < 1.29 is 24.4 Å². The maximum absolute atomic E-state index is 14.8. The number of ether oxygens (including phenoxy) is 1. The molecule has 49 heavy (non-hydrogen) atoms. The molecule has 2 aliphatic rings. The van der Waals surface area contributed by atoms with E-state index in [1.54, 1.807) is 40.0 Å². The lowest BCUT2D eigenvalue weighted by Gasteiger charge is -2.32. The van der Waals surface area contributed by atoms with Crippen LogP contribution in [0, 0.1) is 16.0 Å². The molecule has 5 aromatic rings. The van der Waals surface area contributed by atoms with Crippen LogP contribution in [0.1, 0.15) is 30.2 Å². The average molecular weight is 684 g/mol. The summed E-state index contributed by atoms with van der Waals surface area (Å²) < 4.78 is 9.95. The first-order valence-corrected chi connectivity index (χ1v) is 19.2. The minimum Gasteiger partial charge on any atom is -0.432 e. The number of rotatable bonds is 10. The van der Waals surface area contributed by atoms with Gasteiger partial charge in [-0.05, 0) is 55.4 Å². The molecule has 254 valence electrons. The molecule has 1 fully saturated rings. The Labute approximate surface area is 281 Å². The normalized spacial score (nSPS) is 22.0. The molecule has 0 bridgehead atoms. The summed E-state index contributed by atoms with van der Waals surface area (Å²) in [6.45, 7) is 5.99. The van der Waals surface area contributed by atoms with Gasteiger partial charge < -0.3 is 19.5 Å². The van der Waals surface area contributed by atoms with Gasteiger partial charge in [-0.3, -0.25) is 29.5 Å². The van der Waals surface area contributed by atoms with Crippen molar-refractivity contribution in [3.63, 3.8) is 0 Å². The number of aromatic amines is 1. The first kappa shape index (κ1) is 32.6. The van der Waals surface area contributed by atoms with Crippen LogP contribution in [-0.4, -0.2) is 66.5 Å². The zero-order valence-corrected chi connectivity index (χ0v) is 28.3. The van der Waals surface area contributed by atoms with Crippen LogP contribution in [0.5, 0.6) is 0 Å². The van der Waals surface area contributed by atoms with E-state index in [0.717, 1.165) is 5.56 Å². The lowest BCUT2D eigenvalue weighted by atomic mass is 9.82. The second-order valence-corrected chi connectivity index (χ2v) is 17.4. The molecule has 14 nitrogen and oxygen atoms in total. The van der Waals surface area contributed by atoms with E-state index in [-0.39, 0.29) is 35.8 Å². The van der Waals surface area contributed by atoms with Crippen LogP contribution in [0.15, 0.2) is 77.7 Å². The molecule has 0 radical (unpaired) electrons.